The Bertz CT molecular complexity index is 497. The highest BCUT2D eigenvalue weighted by Crippen LogP contribution is 2.15. The van der Waals surface area contributed by atoms with Crippen LogP contribution < -0.4 is 15.4 Å². The smallest absolute Gasteiger partial charge is 0.191 e. The number of hydrogen-bond donors (Lipinski definition) is 2. The van der Waals surface area contributed by atoms with Gasteiger partial charge in [-0.1, -0.05) is 13.0 Å². The summed E-state index contributed by atoms with van der Waals surface area (Å²) in [7, 11) is 0. The first-order chi connectivity index (χ1) is 12.2. The molecule has 0 fully saturated rings. The molecule has 0 aromatic heterocycles. The molecule has 25 heavy (non-hydrogen) atoms. The van der Waals surface area contributed by atoms with E-state index in [0.717, 1.165) is 51.5 Å². The molecule has 6 heteroatoms. The monoisotopic (exact) mass is 353 g/mol. The third-order valence-electron chi connectivity index (χ3n) is 3.56. The van der Waals surface area contributed by atoms with E-state index in [2.05, 4.69) is 15.6 Å². The fourth-order valence-corrected chi connectivity index (χ4v) is 2.20. The second-order valence-electron chi connectivity index (χ2n) is 5.66. The molecular weight excluding hydrogens is 321 g/mol. The summed E-state index contributed by atoms with van der Waals surface area (Å²) >= 11 is 0. The Morgan fingerprint density at radius 3 is 2.72 bits per heavy atom. The molecule has 0 saturated carbocycles. The molecule has 1 aromatic rings. The van der Waals surface area contributed by atoms with Gasteiger partial charge in [0, 0.05) is 32.4 Å². The van der Waals surface area contributed by atoms with Gasteiger partial charge in [-0.15, -0.1) is 0 Å². The van der Waals surface area contributed by atoms with Gasteiger partial charge in [-0.25, -0.2) is 9.38 Å². The minimum atomic E-state index is -0.294. The molecule has 0 amide bonds. The Morgan fingerprint density at radius 2 is 2.04 bits per heavy atom. The van der Waals surface area contributed by atoms with Crippen molar-refractivity contribution in [1.29, 1.82) is 0 Å². The average molecular weight is 353 g/mol. The van der Waals surface area contributed by atoms with Crippen LogP contribution in [0.25, 0.3) is 0 Å². The van der Waals surface area contributed by atoms with Crippen LogP contribution in [0.5, 0.6) is 5.75 Å². The van der Waals surface area contributed by atoms with Crippen molar-refractivity contribution in [3.05, 3.63) is 30.1 Å². The van der Waals surface area contributed by atoms with Crippen molar-refractivity contribution in [1.82, 2.24) is 10.6 Å². The van der Waals surface area contributed by atoms with Crippen molar-refractivity contribution in [2.75, 3.05) is 32.8 Å². The molecule has 0 radical (unpaired) electrons. The van der Waals surface area contributed by atoms with Crippen molar-refractivity contribution < 1.29 is 13.9 Å². The number of nitrogens with one attached hydrogen (secondary N) is 2. The molecule has 0 spiro atoms. The van der Waals surface area contributed by atoms with E-state index in [1.165, 1.54) is 12.1 Å². The lowest BCUT2D eigenvalue weighted by molar-refractivity contribution is 0.143. The predicted octanol–water partition coefficient (Wildman–Crippen LogP) is 3.35. The molecule has 0 aliphatic heterocycles. The normalized spacial score (nSPS) is 12.7. The van der Waals surface area contributed by atoms with Crippen molar-refractivity contribution in [3.8, 4) is 5.75 Å². The molecule has 1 unspecified atom stereocenters. The van der Waals surface area contributed by atoms with E-state index in [1.54, 1.807) is 12.1 Å². The number of guanidine groups is 1. The van der Waals surface area contributed by atoms with Gasteiger partial charge in [0.05, 0.1) is 6.54 Å². The maximum Gasteiger partial charge on any atom is 0.191 e. The summed E-state index contributed by atoms with van der Waals surface area (Å²) in [5.41, 5.74) is 0. The van der Waals surface area contributed by atoms with Crippen LogP contribution in [0.3, 0.4) is 0 Å². The number of benzene rings is 1. The fraction of sp³-hybridized carbons (Fsp3) is 0.632. The van der Waals surface area contributed by atoms with E-state index < -0.39 is 0 Å². The highest BCUT2D eigenvalue weighted by molar-refractivity contribution is 5.79. The summed E-state index contributed by atoms with van der Waals surface area (Å²) in [6.07, 6.45) is 2.77. The van der Waals surface area contributed by atoms with Crippen molar-refractivity contribution in [3.63, 3.8) is 0 Å². The minimum Gasteiger partial charge on any atom is -0.488 e. The number of hydrogen-bond acceptors (Lipinski definition) is 3. The highest BCUT2D eigenvalue weighted by atomic mass is 19.1. The summed E-state index contributed by atoms with van der Waals surface area (Å²) in [6.45, 7) is 9.80. The van der Waals surface area contributed by atoms with Crippen LogP contribution in [0, 0.1) is 5.82 Å². The van der Waals surface area contributed by atoms with Crippen LogP contribution >= 0.6 is 0 Å². The lowest BCUT2D eigenvalue weighted by Crippen LogP contribution is -2.38. The summed E-state index contributed by atoms with van der Waals surface area (Å²) in [4.78, 5) is 4.58. The molecular formula is C19H32FN3O2. The Labute approximate surface area is 151 Å². The number of ether oxygens (including phenoxy) is 2. The van der Waals surface area contributed by atoms with Gasteiger partial charge < -0.3 is 20.1 Å². The number of unbranched alkanes of at least 4 members (excludes halogenated alkanes) is 1. The maximum atomic E-state index is 13.3. The van der Waals surface area contributed by atoms with E-state index in [0.29, 0.717) is 12.3 Å². The van der Waals surface area contributed by atoms with Gasteiger partial charge in [0.25, 0.3) is 0 Å². The van der Waals surface area contributed by atoms with Gasteiger partial charge >= 0.3 is 0 Å². The molecule has 142 valence electrons. The molecule has 1 aromatic carbocycles. The van der Waals surface area contributed by atoms with E-state index in [4.69, 9.17) is 9.47 Å². The molecule has 0 bridgehead atoms. The molecule has 1 atom stereocenters. The number of halogens is 1. The molecule has 0 saturated heterocycles. The number of aliphatic imine (C=N–C) groups is 1. The first-order valence-electron chi connectivity index (χ1n) is 9.21. The van der Waals surface area contributed by atoms with Crippen LogP contribution in [0.15, 0.2) is 29.3 Å². The van der Waals surface area contributed by atoms with Crippen LogP contribution in [0.1, 0.15) is 40.0 Å². The molecule has 0 aliphatic rings. The lowest BCUT2D eigenvalue weighted by atomic mass is 10.2. The topological polar surface area (TPSA) is 54.9 Å². The highest BCUT2D eigenvalue weighted by Gasteiger charge is 2.09. The van der Waals surface area contributed by atoms with Gasteiger partial charge in [-0.05, 0) is 45.2 Å². The molecule has 1 rings (SSSR count). The zero-order chi connectivity index (χ0) is 18.3. The Balaban J connectivity index is 2.44. The van der Waals surface area contributed by atoms with Gasteiger partial charge in [0.1, 0.15) is 17.7 Å². The first kappa shape index (κ1) is 21.2. The quantitative estimate of drug-likeness (QED) is 0.344. The van der Waals surface area contributed by atoms with Crippen LogP contribution in [0.2, 0.25) is 0 Å². The number of nitrogens with zero attached hydrogens (tertiary/aromatic N) is 1. The van der Waals surface area contributed by atoms with Crippen molar-refractivity contribution >= 4 is 5.96 Å². The Hall–Kier alpha value is -1.82. The third kappa shape index (κ3) is 9.92. The first-order valence-corrected chi connectivity index (χ1v) is 9.21. The molecule has 2 N–H and O–H groups in total. The zero-order valence-corrected chi connectivity index (χ0v) is 15.7. The minimum absolute atomic E-state index is 0.0878. The predicted molar refractivity (Wildman–Crippen MR) is 101 cm³/mol. The van der Waals surface area contributed by atoms with Gasteiger partial charge in [0.15, 0.2) is 5.96 Å². The molecule has 5 nitrogen and oxygen atoms in total. The third-order valence-corrected chi connectivity index (χ3v) is 3.56. The van der Waals surface area contributed by atoms with E-state index in [1.807, 2.05) is 20.8 Å². The summed E-state index contributed by atoms with van der Waals surface area (Å²) in [5, 5.41) is 6.55. The summed E-state index contributed by atoms with van der Waals surface area (Å²) < 4.78 is 24.4. The Kier molecular flexibility index (Phi) is 11.4. The van der Waals surface area contributed by atoms with Crippen LogP contribution in [-0.4, -0.2) is 44.9 Å². The van der Waals surface area contributed by atoms with E-state index >= 15 is 0 Å². The van der Waals surface area contributed by atoms with Crippen LogP contribution in [0.4, 0.5) is 4.39 Å². The Morgan fingerprint density at radius 1 is 1.20 bits per heavy atom. The average Bonchev–Trinajstić information content (AvgIpc) is 2.61. The SMILES string of the molecule is CCNC(=NCC(CC)Oc1cccc(F)c1)NCCCCOCC. The van der Waals surface area contributed by atoms with E-state index in [9.17, 15) is 4.39 Å². The molecule has 0 heterocycles. The van der Waals surface area contributed by atoms with Crippen molar-refractivity contribution in [2.45, 2.75) is 46.1 Å². The summed E-state index contributed by atoms with van der Waals surface area (Å²) in [6, 6.07) is 6.21. The largest absolute Gasteiger partial charge is 0.488 e. The summed E-state index contributed by atoms with van der Waals surface area (Å²) in [5.74, 6) is 1.02. The lowest BCUT2D eigenvalue weighted by Gasteiger charge is -2.17. The van der Waals surface area contributed by atoms with Crippen LogP contribution in [-0.2, 0) is 4.74 Å². The molecule has 0 aliphatic carbocycles. The van der Waals surface area contributed by atoms with Gasteiger partial charge in [0.2, 0.25) is 0 Å². The second-order valence-corrected chi connectivity index (χ2v) is 5.66. The number of rotatable bonds is 12. The van der Waals surface area contributed by atoms with Gasteiger partial charge in [-0.2, -0.15) is 0 Å². The van der Waals surface area contributed by atoms with Gasteiger partial charge in [-0.3, -0.25) is 0 Å². The van der Waals surface area contributed by atoms with Crippen molar-refractivity contribution in [2.24, 2.45) is 4.99 Å². The zero-order valence-electron chi connectivity index (χ0n) is 15.7. The standard InChI is InChI=1S/C19H32FN3O2/c1-4-17(25-18-11-9-10-16(20)14-18)15-23-19(21-5-2)22-12-7-8-13-24-6-3/h9-11,14,17H,4-8,12-13,15H2,1-3H3,(H2,21,22,23). The van der Waals surface area contributed by atoms with E-state index in [-0.39, 0.29) is 11.9 Å². The maximum absolute atomic E-state index is 13.3. The second kappa shape index (κ2) is 13.5. The fourth-order valence-electron chi connectivity index (χ4n) is 2.20.